The monoisotopic (exact) mass is 223 g/mol. The summed E-state index contributed by atoms with van der Waals surface area (Å²) in [7, 11) is 0. The van der Waals surface area contributed by atoms with Gasteiger partial charge in [0, 0.05) is 5.69 Å². The van der Waals surface area contributed by atoms with Gasteiger partial charge in [0.2, 0.25) is 0 Å². The number of alkyl halides is 4. The maximum absolute atomic E-state index is 13.0. The molecule has 1 heterocycles. The Morgan fingerprint density at radius 3 is 2.47 bits per heavy atom. The Hall–Kier alpha value is -1.50. The van der Waals surface area contributed by atoms with Gasteiger partial charge < -0.3 is 10.5 Å². The Labute approximate surface area is 81.4 Å². The molecule has 0 bridgehead atoms. The topological polar surface area (TPSA) is 44.5 Å². The van der Waals surface area contributed by atoms with Crippen LogP contribution < -0.4 is 10.5 Å². The van der Waals surface area contributed by atoms with Crippen molar-refractivity contribution in [2.75, 3.05) is 5.73 Å². The molecule has 0 aliphatic carbocycles. The van der Waals surface area contributed by atoms with Gasteiger partial charge in [0.1, 0.15) is 5.75 Å². The van der Waals surface area contributed by atoms with Crippen LogP contribution in [0.2, 0.25) is 0 Å². The molecule has 2 N–H and O–H groups in total. The molecular weight excluding hydrogens is 218 g/mol. The molecule has 0 radical (unpaired) electrons. The zero-order chi connectivity index (χ0) is 11.3. The van der Waals surface area contributed by atoms with Gasteiger partial charge in [-0.05, 0) is 18.2 Å². The zero-order valence-corrected chi connectivity index (χ0v) is 7.14. The van der Waals surface area contributed by atoms with Crippen molar-refractivity contribution in [1.82, 2.24) is 0 Å². The van der Waals surface area contributed by atoms with E-state index in [0.717, 1.165) is 12.1 Å². The molecule has 7 heteroatoms. The van der Waals surface area contributed by atoms with Crippen LogP contribution in [0.3, 0.4) is 0 Å². The molecule has 0 amide bonds. The molecule has 15 heavy (non-hydrogen) atoms. The number of hydrogen-bond acceptors (Lipinski definition) is 3. The summed E-state index contributed by atoms with van der Waals surface area (Å²) in [5.41, 5.74) is 4.43. The highest BCUT2D eigenvalue weighted by atomic mass is 19.3. The van der Waals surface area contributed by atoms with Gasteiger partial charge in [-0.1, -0.05) is 0 Å². The first-order valence-electron chi connectivity index (χ1n) is 3.85. The molecule has 2 rings (SSSR count). The van der Waals surface area contributed by atoms with Crippen LogP contribution in [0.4, 0.5) is 23.2 Å². The van der Waals surface area contributed by atoms with Crippen molar-refractivity contribution >= 4 is 5.69 Å². The Kier molecular flexibility index (Phi) is 1.84. The fourth-order valence-electron chi connectivity index (χ4n) is 1.22. The van der Waals surface area contributed by atoms with E-state index >= 15 is 0 Å². The molecule has 0 spiro atoms. The maximum atomic E-state index is 13.0. The van der Waals surface area contributed by atoms with E-state index in [4.69, 9.17) is 5.73 Å². The van der Waals surface area contributed by atoms with Crippen molar-refractivity contribution in [2.24, 2.45) is 0 Å². The molecule has 0 unspecified atom stereocenters. The van der Waals surface area contributed by atoms with Crippen LogP contribution in [0.5, 0.6) is 5.75 Å². The molecule has 82 valence electrons. The van der Waals surface area contributed by atoms with E-state index in [1.54, 1.807) is 0 Å². The van der Waals surface area contributed by atoms with E-state index < -0.39 is 23.7 Å². The van der Waals surface area contributed by atoms with Crippen LogP contribution >= 0.6 is 0 Å². The van der Waals surface area contributed by atoms with Crippen LogP contribution in [0, 0.1) is 0 Å². The molecule has 0 aromatic heterocycles. The molecule has 1 aliphatic rings. The molecular formula is C8H5F4NO2. The summed E-state index contributed by atoms with van der Waals surface area (Å²) in [6, 6.07) is 2.94. The summed E-state index contributed by atoms with van der Waals surface area (Å²) >= 11 is 0. The van der Waals surface area contributed by atoms with Crippen molar-refractivity contribution in [2.45, 2.75) is 12.4 Å². The van der Waals surface area contributed by atoms with E-state index in [1.807, 2.05) is 0 Å². The van der Waals surface area contributed by atoms with Crippen LogP contribution in [0.25, 0.3) is 0 Å². The third-order valence-electron chi connectivity index (χ3n) is 1.79. The third kappa shape index (κ3) is 1.70. The number of ether oxygens (including phenoxy) is 2. The summed E-state index contributed by atoms with van der Waals surface area (Å²) in [5.74, 6) is -0.648. The second-order valence-electron chi connectivity index (χ2n) is 2.94. The number of benzene rings is 1. The molecule has 1 aromatic carbocycles. The van der Waals surface area contributed by atoms with E-state index in [1.165, 1.54) is 6.07 Å². The highest BCUT2D eigenvalue weighted by Crippen LogP contribution is 2.46. The summed E-state index contributed by atoms with van der Waals surface area (Å²) in [6.07, 6.45) is -8.46. The Morgan fingerprint density at radius 1 is 1.13 bits per heavy atom. The quantitative estimate of drug-likeness (QED) is 0.542. The lowest BCUT2D eigenvalue weighted by Crippen LogP contribution is -2.41. The number of anilines is 1. The van der Waals surface area contributed by atoms with Crippen molar-refractivity contribution in [3.05, 3.63) is 23.8 Å². The minimum Gasteiger partial charge on any atom is -0.409 e. The second kappa shape index (κ2) is 2.75. The molecule has 3 nitrogen and oxygen atoms in total. The highest BCUT2D eigenvalue weighted by molar-refractivity contribution is 5.49. The largest absolute Gasteiger partial charge is 0.540 e. The normalized spacial score (nSPS) is 21.6. The minimum atomic E-state index is -4.34. The molecule has 1 aromatic rings. The lowest BCUT2D eigenvalue weighted by molar-refractivity contribution is -0.461. The van der Waals surface area contributed by atoms with Crippen LogP contribution in [0.1, 0.15) is 5.56 Å². The van der Waals surface area contributed by atoms with E-state index in [0.29, 0.717) is 0 Å². The SMILES string of the molecule is Nc1ccc2c(c1)C(F)(F)OC(F)(F)O2. The maximum Gasteiger partial charge on any atom is 0.540 e. The third-order valence-corrected chi connectivity index (χ3v) is 1.79. The molecule has 0 saturated carbocycles. The summed E-state index contributed by atoms with van der Waals surface area (Å²) in [5, 5.41) is 0. The standard InChI is InChI=1S/C8H5F4NO2/c9-7(10)5-3-4(13)1-2-6(5)14-8(11,12)15-7/h1-3H,13H2. The summed E-state index contributed by atoms with van der Waals surface area (Å²) < 4.78 is 58.2. The predicted molar refractivity (Wildman–Crippen MR) is 41.4 cm³/mol. The van der Waals surface area contributed by atoms with Crippen LogP contribution in [0.15, 0.2) is 18.2 Å². The number of nitrogen functional groups attached to an aromatic ring is 1. The Bertz CT molecular complexity index is 408. The minimum absolute atomic E-state index is 0.00541. The van der Waals surface area contributed by atoms with Crippen LogP contribution in [-0.4, -0.2) is 6.29 Å². The fraction of sp³-hybridized carbons (Fsp3) is 0.250. The lowest BCUT2D eigenvalue weighted by Gasteiger charge is -2.30. The summed E-state index contributed by atoms with van der Waals surface area (Å²) in [6.45, 7) is 0. The van der Waals surface area contributed by atoms with Gasteiger partial charge >= 0.3 is 12.4 Å². The van der Waals surface area contributed by atoms with Crippen molar-refractivity contribution < 1.29 is 27.0 Å². The number of halogens is 4. The van der Waals surface area contributed by atoms with Gasteiger partial charge in [-0.3, -0.25) is 0 Å². The van der Waals surface area contributed by atoms with Gasteiger partial charge in [0.15, 0.2) is 0 Å². The lowest BCUT2D eigenvalue weighted by atomic mass is 10.1. The number of nitrogens with two attached hydrogens (primary N) is 1. The van der Waals surface area contributed by atoms with E-state index in [2.05, 4.69) is 9.47 Å². The summed E-state index contributed by atoms with van der Waals surface area (Å²) in [4.78, 5) is 0. The predicted octanol–water partition coefficient (Wildman–Crippen LogP) is 2.28. The Balaban J connectivity index is 2.55. The van der Waals surface area contributed by atoms with Crippen molar-refractivity contribution in [3.8, 4) is 5.75 Å². The van der Waals surface area contributed by atoms with Gasteiger partial charge in [-0.2, -0.15) is 8.78 Å². The van der Waals surface area contributed by atoms with Gasteiger partial charge in [0.05, 0.1) is 5.56 Å². The smallest absolute Gasteiger partial charge is 0.409 e. The molecule has 0 saturated heterocycles. The number of fused-ring (bicyclic) bond motifs is 1. The number of hydrogen-bond donors (Lipinski definition) is 1. The highest BCUT2D eigenvalue weighted by Gasteiger charge is 2.54. The van der Waals surface area contributed by atoms with Crippen molar-refractivity contribution in [1.29, 1.82) is 0 Å². The fourth-order valence-corrected chi connectivity index (χ4v) is 1.22. The van der Waals surface area contributed by atoms with Gasteiger partial charge in [-0.15, -0.1) is 8.78 Å². The van der Waals surface area contributed by atoms with Crippen LogP contribution in [-0.2, 0) is 10.8 Å². The zero-order valence-electron chi connectivity index (χ0n) is 7.14. The average Bonchev–Trinajstić information content (AvgIpc) is 2.03. The second-order valence-corrected chi connectivity index (χ2v) is 2.94. The first kappa shape index (κ1) is 10.0. The first-order chi connectivity index (χ1) is 6.80. The van der Waals surface area contributed by atoms with E-state index in [9.17, 15) is 17.6 Å². The van der Waals surface area contributed by atoms with E-state index in [-0.39, 0.29) is 5.69 Å². The molecule has 0 fully saturated rings. The van der Waals surface area contributed by atoms with Gasteiger partial charge in [0.25, 0.3) is 0 Å². The molecule has 1 aliphatic heterocycles. The molecule has 0 atom stereocenters. The van der Waals surface area contributed by atoms with Gasteiger partial charge in [-0.25, -0.2) is 4.74 Å². The van der Waals surface area contributed by atoms with Crippen molar-refractivity contribution in [3.63, 3.8) is 0 Å². The first-order valence-corrected chi connectivity index (χ1v) is 3.85. The Morgan fingerprint density at radius 2 is 1.80 bits per heavy atom. The number of rotatable bonds is 0. The average molecular weight is 223 g/mol.